The third-order valence-corrected chi connectivity index (χ3v) is 5.17. The lowest BCUT2D eigenvalue weighted by Crippen LogP contribution is -2.48. The molecule has 4 rings (SSSR count). The number of aryl methyl sites for hydroxylation is 1. The van der Waals surface area contributed by atoms with E-state index in [9.17, 15) is 4.79 Å². The molecular formula is C21H23ClN4O2. The molecule has 6 nitrogen and oxygen atoms in total. The van der Waals surface area contributed by atoms with Crippen molar-refractivity contribution < 1.29 is 9.53 Å². The summed E-state index contributed by atoms with van der Waals surface area (Å²) in [7, 11) is 1.94. The van der Waals surface area contributed by atoms with Crippen molar-refractivity contribution in [2.45, 2.75) is 26.1 Å². The predicted octanol–water partition coefficient (Wildman–Crippen LogP) is 4.22. The van der Waals surface area contributed by atoms with Crippen molar-refractivity contribution >= 4 is 39.9 Å². The second kappa shape index (κ2) is 7.45. The van der Waals surface area contributed by atoms with E-state index in [1.807, 2.05) is 66.9 Å². The number of halogens is 1. The molecule has 2 aromatic heterocycles. The number of ether oxygens (including phenoxy) is 1. The van der Waals surface area contributed by atoms with Crippen molar-refractivity contribution in [3.8, 4) is 0 Å². The summed E-state index contributed by atoms with van der Waals surface area (Å²) in [5.41, 5.74) is 2.30. The fraction of sp³-hybridized carbons (Fsp3) is 0.333. The summed E-state index contributed by atoms with van der Waals surface area (Å²) in [6.45, 7) is 5.14. The summed E-state index contributed by atoms with van der Waals surface area (Å²) in [6.07, 6.45) is 3.64. The van der Waals surface area contributed by atoms with Crippen LogP contribution in [0.2, 0.25) is 5.02 Å². The molecule has 1 aromatic carbocycles. The van der Waals surface area contributed by atoms with E-state index in [0.717, 1.165) is 16.6 Å². The average Bonchev–Trinajstić information content (AvgIpc) is 3.03. The molecule has 0 aliphatic carbocycles. The molecular weight excluding hydrogens is 376 g/mol. The van der Waals surface area contributed by atoms with Crippen LogP contribution >= 0.6 is 11.6 Å². The van der Waals surface area contributed by atoms with E-state index in [1.54, 1.807) is 6.20 Å². The summed E-state index contributed by atoms with van der Waals surface area (Å²) in [5.74, 6) is 0.675. The molecule has 1 aliphatic rings. The number of benzene rings is 1. The number of anilines is 2. The molecule has 28 heavy (non-hydrogen) atoms. The number of pyridine rings is 1. The van der Waals surface area contributed by atoms with Gasteiger partial charge in [-0.25, -0.2) is 4.98 Å². The molecule has 1 amide bonds. The zero-order chi connectivity index (χ0) is 19.8. The molecule has 1 N–H and O–H groups in total. The first kappa shape index (κ1) is 18.8. The number of fused-ring (bicyclic) bond motifs is 1. The van der Waals surface area contributed by atoms with Gasteiger partial charge in [0.25, 0.3) is 5.91 Å². The number of carbonyl (C=O) groups excluding carboxylic acids is 1. The molecule has 2 unspecified atom stereocenters. The number of hydrogen-bond acceptors (Lipinski definition) is 4. The maximum Gasteiger partial charge on any atom is 0.257 e. The van der Waals surface area contributed by atoms with Gasteiger partial charge in [-0.15, -0.1) is 0 Å². The molecule has 1 saturated heterocycles. The van der Waals surface area contributed by atoms with Crippen LogP contribution < -0.4 is 5.32 Å². The number of aromatic nitrogens is 2. The maximum atomic E-state index is 13.2. The molecule has 7 heteroatoms. The molecule has 146 valence electrons. The van der Waals surface area contributed by atoms with Crippen molar-refractivity contribution in [2.75, 3.05) is 18.4 Å². The van der Waals surface area contributed by atoms with Crippen LogP contribution in [0.4, 0.5) is 11.5 Å². The van der Waals surface area contributed by atoms with Gasteiger partial charge in [0, 0.05) is 48.6 Å². The molecule has 3 heterocycles. The summed E-state index contributed by atoms with van der Waals surface area (Å²) >= 11 is 6.08. The van der Waals surface area contributed by atoms with E-state index in [1.165, 1.54) is 0 Å². The average molecular weight is 399 g/mol. The molecule has 0 bridgehead atoms. The van der Waals surface area contributed by atoms with Crippen molar-refractivity contribution in [3.05, 3.63) is 53.3 Å². The summed E-state index contributed by atoms with van der Waals surface area (Å²) in [6, 6.07) is 9.44. The third kappa shape index (κ3) is 3.57. The molecule has 2 atom stereocenters. The highest BCUT2D eigenvalue weighted by molar-refractivity contribution is 6.30. The molecule has 0 saturated carbocycles. The van der Waals surface area contributed by atoms with Gasteiger partial charge < -0.3 is 19.5 Å². The first-order valence-corrected chi connectivity index (χ1v) is 9.71. The second-order valence-corrected chi connectivity index (χ2v) is 7.75. The SMILES string of the molecule is CC1CN(C(=O)c2cnc(Nc3cccc(Cl)c3)c3ccn(C)c23)CC(C)O1. The normalized spacial score (nSPS) is 19.8. The Morgan fingerprint density at radius 3 is 2.71 bits per heavy atom. The van der Waals surface area contributed by atoms with E-state index in [2.05, 4.69) is 10.3 Å². The van der Waals surface area contributed by atoms with Crippen molar-refractivity contribution in [1.82, 2.24) is 14.5 Å². The van der Waals surface area contributed by atoms with Gasteiger partial charge in [0.05, 0.1) is 23.3 Å². The lowest BCUT2D eigenvalue weighted by Gasteiger charge is -2.35. The van der Waals surface area contributed by atoms with Crippen LogP contribution in [0, 0.1) is 0 Å². The van der Waals surface area contributed by atoms with E-state index in [4.69, 9.17) is 16.3 Å². The van der Waals surface area contributed by atoms with E-state index in [0.29, 0.717) is 29.5 Å². The Labute approximate surface area is 169 Å². The van der Waals surface area contributed by atoms with E-state index >= 15 is 0 Å². The minimum absolute atomic E-state index is 0.0180. The van der Waals surface area contributed by atoms with Crippen LogP contribution in [-0.4, -0.2) is 45.7 Å². The van der Waals surface area contributed by atoms with Gasteiger partial charge >= 0.3 is 0 Å². The van der Waals surface area contributed by atoms with Gasteiger partial charge in [0.1, 0.15) is 5.82 Å². The third-order valence-electron chi connectivity index (χ3n) is 4.93. The topological polar surface area (TPSA) is 59.4 Å². The summed E-state index contributed by atoms with van der Waals surface area (Å²) in [5, 5.41) is 4.85. The summed E-state index contributed by atoms with van der Waals surface area (Å²) < 4.78 is 7.72. The second-order valence-electron chi connectivity index (χ2n) is 7.31. The number of nitrogens with zero attached hydrogens (tertiary/aromatic N) is 3. The minimum Gasteiger partial charge on any atom is -0.372 e. The fourth-order valence-corrected chi connectivity index (χ4v) is 3.98. The van der Waals surface area contributed by atoms with Crippen LogP contribution in [0.15, 0.2) is 42.7 Å². The highest BCUT2D eigenvalue weighted by Crippen LogP contribution is 2.29. The van der Waals surface area contributed by atoms with Crippen LogP contribution in [0.5, 0.6) is 0 Å². The van der Waals surface area contributed by atoms with Gasteiger partial charge in [-0.1, -0.05) is 17.7 Å². The van der Waals surface area contributed by atoms with Crippen molar-refractivity contribution in [1.29, 1.82) is 0 Å². The van der Waals surface area contributed by atoms with Gasteiger partial charge in [-0.05, 0) is 38.1 Å². The first-order valence-electron chi connectivity index (χ1n) is 9.33. The number of carbonyl (C=O) groups is 1. The Hall–Kier alpha value is -2.57. The lowest BCUT2D eigenvalue weighted by atomic mass is 10.1. The maximum absolute atomic E-state index is 13.2. The zero-order valence-corrected chi connectivity index (χ0v) is 16.9. The van der Waals surface area contributed by atoms with Gasteiger partial charge in [0.15, 0.2) is 0 Å². The number of amides is 1. The fourth-order valence-electron chi connectivity index (χ4n) is 3.79. The lowest BCUT2D eigenvalue weighted by molar-refractivity contribution is -0.0585. The largest absolute Gasteiger partial charge is 0.372 e. The van der Waals surface area contributed by atoms with E-state index in [-0.39, 0.29) is 18.1 Å². The van der Waals surface area contributed by atoms with Crippen LogP contribution in [-0.2, 0) is 11.8 Å². The number of morpholine rings is 1. The Morgan fingerprint density at radius 2 is 2.00 bits per heavy atom. The molecule has 1 aliphatic heterocycles. The molecule has 1 fully saturated rings. The van der Waals surface area contributed by atoms with Gasteiger partial charge in [-0.2, -0.15) is 0 Å². The Balaban J connectivity index is 1.71. The van der Waals surface area contributed by atoms with Crippen LogP contribution in [0.1, 0.15) is 24.2 Å². The predicted molar refractivity (Wildman–Crippen MR) is 111 cm³/mol. The minimum atomic E-state index is -0.0180. The summed E-state index contributed by atoms with van der Waals surface area (Å²) in [4.78, 5) is 19.7. The molecule has 0 spiro atoms. The first-order chi connectivity index (χ1) is 13.4. The molecule has 3 aromatic rings. The zero-order valence-electron chi connectivity index (χ0n) is 16.1. The van der Waals surface area contributed by atoms with Crippen molar-refractivity contribution in [2.24, 2.45) is 7.05 Å². The van der Waals surface area contributed by atoms with Crippen LogP contribution in [0.25, 0.3) is 10.9 Å². The highest BCUT2D eigenvalue weighted by atomic mass is 35.5. The smallest absolute Gasteiger partial charge is 0.257 e. The standard InChI is InChI=1S/C21H23ClN4O2/c1-13-11-26(12-14(2)28-13)21(27)18-10-23-20(17-7-8-25(3)19(17)18)24-16-6-4-5-15(22)9-16/h4-10,13-14H,11-12H2,1-3H3,(H,23,24). The number of nitrogens with one attached hydrogen (secondary N) is 1. The van der Waals surface area contributed by atoms with Gasteiger partial charge in [-0.3, -0.25) is 4.79 Å². The monoisotopic (exact) mass is 398 g/mol. The Morgan fingerprint density at radius 1 is 1.25 bits per heavy atom. The van der Waals surface area contributed by atoms with Crippen molar-refractivity contribution in [3.63, 3.8) is 0 Å². The van der Waals surface area contributed by atoms with Gasteiger partial charge in [0.2, 0.25) is 0 Å². The molecule has 0 radical (unpaired) electrons. The quantitative estimate of drug-likeness (QED) is 0.717. The van der Waals surface area contributed by atoms with Crippen LogP contribution in [0.3, 0.4) is 0 Å². The Bertz CT molecular complexity index is 1020. The van der Waals surface area contributed by atoms with E-state index < -0.39 is 0 Å². The Kier molecular flexibility index (Phi) is 5.00. The number of hydrogen-bond donors (Lipinski definition) is 1. The highest BCUT2D eigenvalue weighted by Gasteiger charge is 2.28. The number of rotatable bonds is 3.